The Kier molecular flexibility index (Phi) is 4.66. The zero-order chi connectivity index (χ0) is 16.5. The maximum Gasteiger partial charge on any atom is 0.293 e. The number of ether oxygens (including phenoxy) is 2. The van der Waals surface area contributed by atoms with E-state index >= 15 is 0 Å². The van der Waals surface area contributed by atoms with E-state index in [-0.39, 0.29) is 29.0 Å². The van der Waals surface area contributed by atoms with Crippen molar-refractivity contribution in [3.63, 3.8) is 0 Å². The highest BCUT2D eigenvalue weighted by atomic mass is 32.2. The van der Waals surface area contributed by atoms with Gasteiger partial charge in [0.25, 0.3) is 5.69 Å². The molecular weight excluding hydrogens is 314 g/mol. The van der Waals surface area contributed by atoms with Gasteiger partial charge in [-0.2, -0.15) is 0 Å². The van der Waals surface area contributed by atoms with Crippen molar-refractivity contribution in [3.05, 3.63) is 28.3 Å². The van der Waals surface area contributed by atoms with Crippen LogP contribution in [-0.4, -0.2) is 45.9 Å². The summed E-state index contributed by atoms with van der Waals surface area (Å²) in [6.45, 7) is 2.49. The van der Waals surface area contributed by atoms with Gasteiger partial charge >= 0.3 is 0 Å². The number of hydrogen-bond donors (Lipinski definition) is 1. The Morgan fingerprint density at radius 3 is 2.55 bits per heavy atom. The molecule has 0 bridgehead atoms. The van der Waals surface area contributed by atoms with E-state index in [1.165, 1.54) is 17.0 Å². The standard InChI is InChI=1S/C12H17N3O6S/c1-8-6-21-12(7-20-8)14(2)10-4-3-9(22(13,18)19)5-11(10)15(16)17/h3-5,8,12H,6-7H2,1-2H3,(H2,13,18,19)/t8-,12+/m1/s1. The normalized spacial score (nSPS) is 22.3. The average Bonchev–Trinajstić information content (AvgIpc) is 2.45. The first-order valence-electron chi connectivity index (χ1n) is 6.47. The Morgan fingerprint density at radius 1 is 1.36 bits per heavy atom. The molecule has 0 amide bonds. The topological polar surface area (TPSA) is 125 Å². The SMILES string of the molecule is C[C@@H]1CO[C@H](N(C)c2ccc(S(N)(=O)=O)cc2[N+](=O)[O-])CO1. The predicted octanol–water partition coefficient (Wildman–Crippen LogP) is 0.440. The van der Waals surface area contributed by atoms with Crippen LogP contribution in [0.5, 0.6) is 0 Å². The number of nitrogens with two attached hydrogens (primary N) is 1. The van der Waals surface area contributed by atoms with Gasteiger partial charge in [-0.3, -0.25) is 10.1 Å². The van der Waals surface area contributed by atoms with E-state index in [1.54, 1.807) is 7.05 Å². The first kappa shape index (κ1) is 16.6. The molecule has 1 saturated heterocycles. The minimum Gasteiger partial charge on any atom is -0.371 e. The minimum atomic E-state index is -4.01. The van der Waals surface area contributed by atoms with Gasteiger partial charge < -0.3 is 14.4 Å². The van der Waals surface area contributed by atoms with Crippen molar-refractivity contribution >= 4 is 21.4 Å². The fourth-order valence-corrected chi connectivity index (χ4v) is 2.63. The second-order valence-corrected chi connectivity index (χ2v) is 6.56. The monoisotopic (exact) mass is 331 g/mol. The summed E-state index contributed by atoms with van der Waals surface area (Å²) in [7, 11) is -2.40. The van der Waals surface area contributed by atoms with E-state index in [9.17, 15) is 18.5 Å². The number of primary sulfonamides is 1. The number of nitrogens with zero attached hydrogens (tertiary/aromatic N) is 2. The number of rotatable bonds is 4. The predicted molar refractivity (Wildman–Crippen MR) is 78.0 cm³/mol. The van der Waals surface area contributed by atoms with Crippen molar-refractivity contribution in [2.24, 2.45) is 5.14 Å². The smallest absolute Gasteiger partial charge is 0.293 e. The molecule has 2 rings (SSSR count). The second-order valence-electron chi connectivity index (χ2n) is 5.00. The molecule has 0 spiro atoms. The summed E-state index contributed by atoms with van der Waals surface area (Å²) in [5, 5.41) is 16.2. The van der Waals surface area contributed by atoms with Crippen LogP contribution in [0.1, 0.15) is 6.92 Å². The minimum absolute atomic E-state index is 0.0376. The maximum atomic E-state index is 11.3. The molecule has 1 heterocycles. The Hall–Kier alpha value is -1.75. The Labute approximate surface area is 127 Å². The highest BCUT2D eigenvalue weighted by Gasteiger charge is 2.28. The van der Waals surface area contributed by atoms with Gasteiger partial charge in [-0.1, -0.05) is 0 Å². The van der Waals surface area contributed by atoms with Crippen molar-refractivity contribution in [3.8, 4) is 0 Å². The molecule has 0 unspecified atom stereocenters. The molecule has 10 heteroatoms. The third-order valence-electron chi connectivity index (χ3n) is 3.33. The molecular formula is C12H17N3O6S. The number of likely N-dealkylation sites (N-methyl/N-ethyl adjacent to an activating group) is 1. The molecule has 1 fully saturated rings. The fourth-order valence-electron chi connectivity index (χ4n) is 2.09. The summed E-state index contributed by atoms with van der Waals surface area (Å²) < 4.78 is 33.7. The first-order chi connectivity index (χ1) is 10.2. The van der Waals surface area contributed by atoms with Crippen molar-refractivity contribution in [2.45, 2.75) is 24.2 Å². The molecule has 0 aromatic heterocycles. The number of hydrogen-bond acceptors (Lipinski definition) is 7. The number of sulfonamides is 1. The lowest BCUT2D eigenvalue weighted by molar-refractivity contribution is -0.384. The Morgan fingerprint density at radius 2 is 2.05 bits per heavy atom. The number of anilines is 1. The van der Waals surface area contributed by atoms with Crippen LogP contribution in [0.15, 0.2) is 23.1 Å². The highest BCUT2D eigenvalue weighted by Crippen LogP contribution is 2.31. The van der Waals surface area contributed by atoms with E-state index in [1.807, 2.05) is 6.92 Å². The van der Waals surface area contributed by atoms with Crippen LogP contribution in [0.4, 0.5) is 11.4 Å². The zero-order valence-electron chi connectivity index (χ0n) is 12.1. The van der Waals surface area contributed by atoms with E-state index in [0.29, 0.717) is 6.61 Å². The fraction of sp³-hybridized carbons (Fsp3) is 0.500. The lowest BCUT2D eigenvalue weighted by atomic mass is 10.2. The molecule has 1 aromatic carbocycles. The summed E-state index contributed by atoms with van der Waals surface area (Å²) in [5.41, 5.74) is -0.142. The maximum absolute atomic E-state index is 11.3. The molecule has 1 aromatic rings. The molecule has 0 aliphatic carbocycles. The van der Waals surface area contributed by atoms with Crippen LogP contribution in [0.25, 0.3) is 0 Å². The summed E-state index contributed by atoms with van der Waals surface area (Å²) in [4.78, 5) is 11.8. The molecule has 2 N–H and O–H groups in total. The zero-order valence-corrected chi connectivity index (χ0v) is 12.9. The van der Waals surface area contributed by atoms with Crippen LogP contribution in [-0.2, 0) is 19.5 Å². The average molecular weight is 331 g/mol. The van der Waals surface area contributed by atoms with Crippen LogP contribution in [0.2, 0.25) is 0 Å². The highest BCUT2D eigenvalue weighted by molar-refractivity contribution is 7.89. The van der Waals surface area contributed by atoms with Crippen LogP contribution in [0, 0.1) is 10.1 Å². The van der Waals surface area contributed by atoms with Gasteiger partial charge in [-0.15, -0.1) is 0 Å². The van der Waals surface area contributed by atoms with Gasteiger partial charge in [0.2, 0.25) is 10.0 Å². The van der Waals surface area contributed by atoms with Crippen molar-refractivity contribution in [1.82, 2.24) is 0 Å². The van der Waals surface area contributed by atoms with Gasteiger partial charge in [0.15, 0.2) is 6.23 Å². The van der Waals surface area contributed by atoms with Gasteiger partial charge in [0.1, 0.15) is 5.69 Å². The van der Waals surface area contributed by atoms with Gasteiger partial charge in [-0.25, -0.2) is 13.6 Å². The lowest BCUT2D eigenvalue weighted by Gasteiger charge is -2.34. The third-order valence-corrected chi connectivity index (χ3v) is 4.24. The molecule has 1 aliphatic rings. The van der Waals surface area contributed by atoms with E-state index in [4.69, 9.17) is 14.6 Å². The number of nitro groups is 1. The molecule has 2 atom stereocenters. The van der Waals surface area contributed by atoms with Crippen LogP contribution < -0.4 is 10.0 Å². The van der Waals surface area contributed by atoms with Crippen LogP contribution in [0.3, 0.4) is 0 Å². The van der Waals surface area contributed by atoms with Gasteiger partial charge in [0.05, 0.1) is 29.1 Å². The number of benzene rings is 1. The molecule has 1 aliphatic heterocycles. The summed E-state index contributed by atoms with van der Waals surface area (Å²) >= 11 is 0. The lowest BCUT2D eigenvalue weighted by Crippen LogP contribution is -2.44. The molecule has 0 saturated carbocycles. The van der Waals surface area contributed by atoms with Crippen molar-refractivity contribution < 1.29 is 22.8 Å². The first-order valence-corrected chi connectivity index (χ1v) is 8.02. The van der Waals surface area contributed by atoms with E-state index in [2.05, 4.69) is 0 Å². The molecule has 9 nitrogen and oxygen atoms in total. The Balaban J connectivity index is 2.36. The van der Waals surface area contributed by atoms with Crippen molar-refractivity contribution in [1.29, 1.82) is 0 Å². The largest absolute Gasteiger partial charge is 0.371 e. The van der Waals surface area contributed by atoms with E-state index in [0.717, 1.165) is 6.07 Å². The molecule has 122 valence electrons. The Bertz CT molecular complexity index is 669. The molecule has 22 heavy (non-hydrogen) atoms. The van der Waals surface area contributed by atoms with Crippen molar-refractivity contribution in [2.75, 3.05) is 25.2 Å². The van der Waals surface area contributed by atoms with Gasteiger partial charge in [0, 0.05) is 13.1 Å². The summed E-state index contributed by atoms with van der Waals surface area (Å²) in [6, 6.07) is 3.49. The third kappa shape index (κ3) is 3.53. The summed E-state index contributed by atoms with van der Waals surface area (Å²) in [5.74, 6) is 0. The van der Waals surface area contributed by atoms with E-state index < -0.39 is 21.2 Å². The number of nitro benzene ring substituents is 1. The van der Waals surface area contributed by atoms with Crippen LogP contribution >= 0.6 is 0 Å². The quantitative estimate of drug-likeness (QED) is 0.626. The molecule has 0 radical (unpaired) electrons. The second kappa shape index (κ2) is 6.16. The van der Waals surface area contributed by atoms with Gasteiger partial charge in [-0.05, 0) is 19.1 Å². The summed E-state index contributed by atoms with van der Waals surface area (Å²) in [6.07, 6.45) is -0.528.